The minimum absolute atomic E-state index is 0.0140. The molecule has 9 nitrogen and oxygen atoms in total. The number of para-hydroxylation sites is 1. The lowest BCUT2D eigenvalue weighted by molar-refractivity contribution is -0.148. The molecule has 1 heterocycles. The molecule has 1 aromatic heterocycles. The summed E-state index contributed by atoms with van der Waals surface area (Å²) in [5.41, 5.74) is 0.636. The summed E-state index contributed by atoms with van der Waals surface area (Å²) in [5.74, 6) is -0.199. The Bertz CT molecular complexity index is 1190. The first kappa shape index (κ1) is 24.7. The van der Waals surface area contributed by atoms with Crippen LogP contribution < -0.4 is 9.46 Å². The summed E-state index contributed by atoms with van der Waals surface area (Å²) in [6.45, 7) is 5.43. The smallest absolute Gasteiger partial charge is 0.324 e. The number of hydrogen-bond acceptors (Lipinski definition) is 8. The van der Waals surface area contributed by atoms with Gasteiger partial charge in [0.1, 0.15) is 11.8 Å². The molecule has 0 bridgehead atoms. The molecule has 0 spiro atoms. The van der Waals surface area contributed by atoms with Crippen LogP contribution >= 0.6 is 11.6 Å². The van der Waals surface area contributed by atoms with Crippen molar-refractivity contribution < 1.29 is 27.2 Å². The van der Waals surface area contributed by atoms with Crippen molar-refractivity contribution in [2.45, 2.75) is 38.3 Å². The Hall–Kier alpha value is -2.95. The van der Waals surface area contributed by atoms with E-state index >= 15 is 0 Å². The highest BCUT2D eigenvalue weighted by Gasteiger charge is 2.30. The Labute approximate surface area is 197 Å². The van der Waals surface area contributed by atoms with E-state index in [1.54, 1.807) is 26.0 Å². The van der Waals surface area contributed by atoms with Crippen molar-refractivity contribution in [3.05, 3.63) is 59.4 Å². The molecular formula is C22H24ClN3O6S. The number of carbonyl (C=O) groups excluding carboxylic acids is 1. The van der Waals surface area contributed by atoms with Gasteiger partial charge < -0.3 is 14.0 Å². The maximum Gasteiger partial charge on any atom is 0.324 e. The number of nitrogens with zero attached hydrogens (tertiary/aromatic N) is 2. The molecule has 0 unspecified atom stereocenters. The number of nitrogens with one attached hydrogen (secondary N) is 1. The van der Waals surface area contributed by atoms with Crippen LogP contribution in [0.25, 0.3) is 11.4 Å². The predicted molar refractivity (Wildman–Crippen MR) is 121 cm³/mol. The summed E-state index contributed by atoms with van der Waals surface area (Å²) in [7, 11) is -3.97. The van der Waals surface area contributed by atoms with E-state index in [1.165, 1.54) is 24.3 Å². The number of sulfonamides is 1. The van der Waals surface area contributed by atoms with Gasteiger partial charge in [0.2, 0.25) is 15.8 Å². The second-order valence-electron chi connectivity index (χ2n) is 7.35. The second-order valence-corrected chi connectivity index (χ2v) is 9.50. The van der Waals surface area contributed by atoms with Gasteiger partial charge in [-0.25, -0.2) is 8.42 Å². The van der Waals surface area contributed by atoms with Crippen LogP contribution in [0.2, 0.25) is 5.02 Å². The molecule has 0 fully saturated rings. The molecule has 0 saturated carbocycles. The lowest BCUT2D eigenvalue weighted by atomic mass is 10.1. The predicted octanol–water partition coefficient (Wildman–Crippen LogP) is 3.84. The van der Waals surface area contributed by atoms with Gasteiger partial charge in [-0.2, -0.15) is 9.71 Å². The number of halogens is 1. The normalized spacial score (nSPS) is 12.5. The van der Waals surface area contributed by atoms with Crippen molar-refractivity contribution in [2.75, 3.05) is 6.61 Å². The zero-order chi connectivity index (χ0) is 24.0. The van der Waals surface area contributed by atoms with Crippen LogP contribution in [0.5, 0.6) is 5.75 Å². The number of rotatable bonds is 10. The molecule has 0 saturated heterocycles. The monoisotopic (exact) mass is 493 g/mol. The first-order valence-corrected chi connectivity index (χ1v) is 12.1. The summed E-state index contributed by atoms with van der Waals surface area (Å²) in [6.07, 6.45) is 0. The van der Waals surface area contributed by atoms with Gasteiger partial charge in [-0.05, 0) is 49.2 Å². The van der Waals surface area contributed by atoms with Crippen molar-refractivity contribution in [3.8, 4) is 17.1 Å². The van der Waals surface area contributed by atoms with Crippen molar-refractivity contribution >= 4 is 27.6 Å². The van der Waals surface area contributed by atoms with E-state index in [1.807, 2.05) is 19.1 Å². The van der Waals surface area contributed by atoms with Crippen LogP contribution in [0.1, 0.15) is 26.7 Å². The van der Waals surface area contributed by atoms with Crippen LogP contribution in [0.4, 0.5) is 0 Å². The third-order valence-corrected chi connectivity index (χ3v) is 6.27. The molecule has 0 aliphatic carbocycles. The molecule has 0 radical (unpaired) electrons. The summed E-state index contributed by atoms with van der Waals surface area (Å²) < 4.78 is 43.7. The second kappa shape index (κ2) is 10.8. The lowest BCUT2D eigenvalue weighted by Gasteiger charge is -2.20. The fraction of sp³-hybridized carbons (Fsp3) is 0.318. The average molecular weight is 494 g/mol. The van der Waals surface area contributed by atoms with Crippen LogP contribution in [0.3, 0.4) is 0 Å². The van der Waals surface area contributed by atoms with E-state index in [0.717, 1.165) is 0 Å². The molecular weight excluding hydrogens is 470 g/mol. The topological polar surface area (TPSA) is 121 Å². The quantitative estimate of drug-likeness (QED) is 0.423. The van der Waals surface area contributed by atoms with E-state index in [4.69, 9.17) is 25.6 Å². The van der Waals surface area contributed by atoms with Gasteiger partial charge in [0, 0.05) is 5.02 Å². The highest BCUT2D eigenvalue weighted by atomic mass is 35.5. The molecule has 3 rings (SSSR count). The first-order chi connectivity index (χ1) is 15.7. The zero-order valence-corrected chi connectivity index (χ0v) is 19.9. The molecule has 0 aliphatic heterocycles. The van der Waals surface area contributed by atoms with E-state index in [9.17, 15) is 13.2 Å². The third kappa shape index (κ3) is 6.31. The van der Waals surface area contributed by atoms with Gasteiger partial charge in [0.25, 0.3) is 5.89 Å². The number of esters is 1. The number of aromatic nitrogens is 2. The molecule has 33 heavy (non-hydrogen) atoms. The number of benzene rings is 2. The van der Waals surface area contributed by atoms with E-state index in [0.29, 0.717) is 22.9 Å². The van der Waals surface area contributed by atoms with Gasteiger partial charge in [-0.3, -0.25) is 4.79 Å². The van der Waals surface area contributed by atoms with Crippen molar-refractivity contribution in [1.29, 1.82) is 0 Å². The Balaban J connectivity index is 1.68. The summed E-state index contributed by atoms with van der Waals surface area (Å²) in [6, 6.07) is 11.7. The molecule has 0 aliphatic rings. The Kier molecular flexibility index (Phi) is 8.06. The third-order valence-electron chi connectivity index (χ3n) is 4.56. The van der Waals surface area contributed by atoms with Crippen molar-refractivity contribution in [1.82, 2.24) is 14.9 Å². The maximum absolute atomic E-state index is 12.7. The Morgan fingerprint density at radius 2 is 1.85 bits per heavy atom. The molecule has 1 N–H and O–H groups in total. The summed E-state index contributed by atoms with van der Waals surface area (Å²) >= 11 is 5.82. The fourth-order valence-corrected chi connectivity index (χ4v) is 4.34. The minimum atomic E-state index is -3.97. The minimum Gasteiger partial charge on any atom is -0.493 e. The summed E-state index contributed by atoms with van der Waals surface area (Å²) in [5, 5.41) is 4.31. The number of ether oxygens (including phenoxy) is 2. The molecule has 1 atom stereocenters. The van der Waals surface area contributed by atoms with Gasteiger partial charge in [0.15, 0.2) is 6.61 Å². The van der Waals surface area contributed by atoms with Gasteiger partial charge in [-0.1, -0.05) is 42.7 Å². The molecule has 0 amide bonds. The SMILES string of the molecule is CCOc1ccccc1-c1noc(COC(=O)[C@@H](NS(=O)(=O)c2ccc(Cl)cc2)C(C)C)n1. The van der Waals surface area contributed by atoms with Gasteiger partial charge in [-0.15, -0.1) is 0 Å². The zero-order valence-electron chi connectivity index (χ0n) is 18.3. The van der Waals surface area contributed by atoms with Gasteiger partial charge in [0.05, 0.1) is 17.1 Å². The van der Waals surface area contributed by atoms with Crippen LogP contribution in [-0.4, -0.2) is 37.2 Å². The van der Waals surface area contributed by atoms with Crippen LogP contribution in [-0.2, 0) is 26.2 Å². The van der Waals surface area contributed by atoms with E-state index in [2.05, 4.69) is 14.9 Å². The maximum atomic E-state index is 12.7. The molecule has 3 aromatic rings. The number of hydrogen-bond donors (Lipinski definition) is 1. The highest BCUT2D eigenvalue weighted by molar-refractivity contribution is 7.89. The average Bonchev–Trinajstić information content (AvgIpc) is 3.25. The van der Waals surface area contributed by atoms with Crippen LogP contribution in [0.15, 0.2) is 57.9 Å². The molecule has 176 valence electrons. The largest absolute Gasteiger partial charge is 0.493 e. The van der Waals surface area contributed by atoms with Crippen LogP contribution in [0, 0.1) is 5.92 Å². The standard InChI is InChI=1S/C22H24ClN3O6S/c1-4-30-18-8-6-5-7-17(18)21-24-19(32-25-21)13-31-22(27)20(14(2)3)26-33(28,29)16-11-9-15(23)10-12-16/h5-12,14,20,26H,4,13H2,1-3H3/t20-/m0/s1. The van der Waals surface area contributed by atoms with Crippen molar-refractivity contribution in [3.63, 3.8) is 0 Å². The number of carbonyl (C=O) groups is 1. The first-order valence-electron chi connectivity index (χ1n) is 10.2. The van der Waals surface area contributed by atoms with Crippen molar-refractivity contribution in [2.24, 2.45) is 5.92 Å². The lowest BCUT2D eigenvalue weighted by Crippen LogP contribution is -2.45. The Morgan fingerprint density at radius 3 is 2.52 bits per heavy atom. The van der Waals surface area contributed by atoms with Gasteiger partial charge >= 0.3 is 5.97 Å². The molecule has 11 heteroatoms. The Morgan fingerprint density at radius 1 is 1.15 bits per heavy atom. The van der Waals surface area contributed by atoms with E-state index in [-0.39, 0.29) is 29.1 Å². The molecule has 2 aromatic carbocycles. The summed E-state index contributed by atoms with van der Waals surface area (Å²) in [4.78, 5) is 16.9. The fourth-order valence-electron chi connectivity index (χ4n) is 2.88. The highest BCUT2D eigenvalue weighted by Crippen LogP contribution is 2.27. The van der Waals surface area contributed by atoms with E-state index < -0.39 is 22.0 Å².